The Bertz CT molecular complexity index is 706. The highest BCUT2D eigenvalue weighted by Crippen LogP contribution is 2.61. The number of rotatable bonds is 4. The Balaban J connectivity index is 1.16. The summed E-state index contributed by atoms with van der Waals surface area (Å²) in [5.41, 5.74) is 1.77. The zero-order valence-electron chi connectivity index (χ0n) is 17.9. The van der Waals surface area contributed by atoms with Gasteiger partial charge in [0, 0.05) is 37.9 Å². The van der Waals surface area contributed by atoms with Crippen LogP contribution in [0.1, 0.15) is 45.4 Å². The lowest BCUT2D eigenvalue weighted by atomic mass is 9.48. The molecule has 0 unspecified atom stereocenters. The van der Waals surface area contributed by atoms with Crippen LogP contribution in [0, 0.1) is 23.2 Å². The second kappa shape index (κ2) is 7.64. The van der Waals surface area contributed by atoms with Gasteiger partial charge in [-0.25, -0.2) is 0 Å². The van der Waals surface area contributed by atoms with Crippen molar-refractivity contribution in [3.8, 4) is 5.75 Å². The molecule has 1 aromatic carbocycles. The van der Waals surface area contributed by atoms with Crippen LogP contribution in [-0.4, -0.2) is 49.3 Å². The molecule has 5 aliphatic rings. The first kappa shape index (κ1) is 19.5. The van der Waals surface area contributed by atoms with E-state index in [1.807, 2.05) is 12.1 Å². The van der Waals surface area contributed by atoms with E-state index in [1.54, 1.807) is 7.11 Å². The lowest BCUT2D eigenvalue weighted by molar-refractivity contribution is -0.0675. The normalized spacial score (nSPS) is 34.2. The molecule has 4 bridgehead atoms. The van der Waals surface area contributed by atoms with E-state index in [4.69, 9.17) is 17.0 Å². The van der Waals surface area contributed by atoms with E-state index in [-0.39, 0.29) is 0 Å². The fourth-order valence-corrected chi connectivity index (χ4v) is 7.46. The lowest BCUT2D eigenvalue weighted by Gasteiger charge is -2.59. The maximum Gasteiger partial charge on any atom is 0.169 e. The average Bonchev–Trinajstić information content (AvgIpc) is 2.73. The van der Waals surface area contributed by atoms with Gasteiger partial charge in [-0.3, -0.25) is 0 Å². The number of ether oxygens (including phenoxy) is 1. The van der Waals surface area contributed by atoms with E-state index in [9.17, 15) is 0 Å². The molecule has 0 aromatic heterocycles. The van der Waals surface area contributed by atoms with Crippen molar-refractivity contribution >= 4 is 23.0 Å². The molecule has 0 amide bonds. The van der Waals surface area contributed by atoms with E-state index in [1.165, 1.54) is 44.2 Å². The predicted octanol–water partition coefficient (Wildman–Crippen LogP) is 4.30. The zero-order valence-corrected chi connectivity index (χ0v) is 18.7. The third kappa shape index (κ3) is 3.71. The molecule has 1 saturated heterocycles. The molecule has 1 aliphatic heterocycles. The van der Waals surface area contributed by atoms with Crippen molar-refractivity contribution < 1.29 is 4.74 Å². The van der Waals surface area contributed by atoms with E-state index in [2.05, 4.69) is 34.2 Å². The second-order valence-corrected chi connectivity index (χ2v) is 10.5. The largest absolute Gasteiger partial charge is 0.497 e. The fourth-order valence-electron chi connectivity index (χ4n) is 7.10. The first-order chi connectivity index (χ1) is 14.0. The summed E-state index contributed by atoms with van der Waals surface area (Å²) in [5.74, 6) is 3.89. The van der Waals surface area contributed by atoms with Crippen LogP contribution >= 0.6 is 12.2 Å². The number of nitrogens with one attached hydrogen (secondary N) is 1. The highest BCUT2D eigenvalue weighted by atomic mass is 32.1. The van der Waals surface area contributed by atoms with E-state index in [0.717, 1.165) is 54.8 Å². The molecule has 1 heterocycles. The Kier molecular flexibility index (Phi) is 5.13. The summed E-state index contributed by atoms with van der Waals surface area (Å²) < 4.78 is 5.28. The smallest absolute Gasteiger partial charge is 0.169 e. The van der Waals surface area contributed by atoms with Gasteiger partial charge in [0.1, 0.15) is 5.75 Å². The second-order valence-electron chi connectivity index (χ2n) is 10.1. The first-order valence-electron chi connectivity index (χ1n) is 11.5. The summed E-state index contributed by atoms with van der Waals surface area (Å²) in [4.78, 5) is 4.83. The molecule has 5 heteroatoms. The Hall–Kier alpha value is -1.49. The summed E-state index contributed by atoms with van der Waals surface area (Å²) in [7, 11) is 1.71. The lowest BCUT2D eigenvalue weighted by Crippen LogP contribution is -2.59. The molecular weight excluding hydrogens is 378 g/mol. The quantitative estimate of drug-likeness (QED) is 0.743. The molecule has 1 atom stereocenters. The van der Waals surface area contributed by atoms with Crippen LogP contribution in [0.3, 0.4) is 0 Å². The van der Waals surface area contributed by atoms with Crippen molar-refractivity contribution in [2.24, 2.45) is 23.2 Å². The molecule has 158 valence electrons. The van der Waals surface area contributed by atoms with Gasteiger partial charge in [-0.2, -0.15) is 0 Å². The molecule has 0 spiro atoms. The Morgan fingerprint density at radius 1 is 1.00 bits per heavy atom. The van der Waals surface area contributed by atoms with Gasteiger partial charge in [-0.15, -0.1) is 0 Å². The van der Waals surface area contributed by atoms with Gasteiger partial charge in [0.05, 0.1) is 7.11 Å². The zero-order chi connectivity index (χ0) is 20.0. The summed E-state index contributed by atoms with van der Waals surface area (Å²) in [5, 5.41) is 4.77. The van der Waals surface area contributed by atoms with Crippen molar-refractivity contribution in [2.45, 2.75) is 51.5 Å². The number of piperazine rings is 1. The molecule has 4 aliphatic carbocycles. The van der Waals surface area contributed by atoms with Crippen LogP contribution in [0.5, 0.6) is 5.75 Å². The molecule has 1 aromatic rings. The molecule has 1 N–H and O–H groups in total. The maximum atomic E-state index is 5.87. The van der Waals surface area contributed by atoms with Gasteiger partial charge < -0.3 is 19.9 Å². The minimum absolute atomic E-state index is 0.503. The van der Waals surface area contributed by atoms with Crippen molar-refractivity contribution in [2.75, 3.05) is 38.2 Å². The predicted molar refractivity (Wildman–Crippen MR) is 123 cm³/mol. The van der Waals surface area contributed by atoms with Crippen LogP contribution in [0.4, 0.5) is 5.69 Å². The van der Waals surface area contributed by atoms with Gasteiger partial charge >= 0.3 is 0 Å². The van der Waals surface area contributed by atoms with Crippen molar-refractivity contribution in [1.82, 2.24) is 10.2 Å². The minimum Gasteiger partial charge on any atom is -0.497 e. The summed E-state index contributed by atoms with van der Waals surface area (Å²) in [6, 6.07) is 8.89. The van der Waals surface area contributed by atoms with Gasteiger partial charge in [-0.1, -0.05) is 0 Å². The van der Waals surface area contributed by atoms with Gasteiger partial charge in [0.15, 0.2) is 5.11 Å². The van der Waals surface area contributed by atoms with Gasteiger partial charge in [0.2, 0.25) is 0 Å². The SMILES string of the molecule is COc1ccc(N2CCN(C(=S)N[C@@H](C)C34CC5CC(CC(C5)C3)C4)CC2)cc1. The summed E-state index contributed by atoms with van der Waals surface area (Å²) in [6.45, 7) is 6.42. The molecule has 4 saturated carbocycles. The van der Waals surface area contributed by atoms with Crippen molar-refractivity contribution in [3.05, 3.63) is 24.3 Å². The number of nitrogens with zero attached hydrogens (tertiary/aromatic N) is 2. The molecular formula is C24H35N3OS. The molecule has 6 rings (SSSR count). The van der Waals surface area contributed by atoms with Gasteiger partial charge in [0.25, 0.3) is 0 Å². The summed E-state index contributed by atoms with van der Waals surface area (Å²) >= 11 is 5.87. The summed E-state index contributed by atoms with van der Waals surface area (Å²) in [6.07, 6.45) is 8.81. The number of anilines is 1. The monoisotopic (exact) mass is 413 g/mol. The Morgan fingerprint density at radius 3 is 2.07 bits per heavy atom. The number of thiocarbonyl (C=S) groups is 1. The maximum absolute atomic E-state index is 5.87. The Labute approximate surface area is 181 Å². The molecule has 4 nitrogen and oxygen atoms in total. The van der Waals surface area contributed by atoms with Crippen LogP contribution in [0.2, 0.25) is 0 Å². The average molecular weight is 414 g/mol. The third-order valence-corrected chi connectivity index (χ3v) is 8.72. The minimum atomic E-state index is 0.503. The standard InChI is InChI=1S/C24H35N3OS/c1-17(24-14-18-11-19(15-24)13-20(12-18)16-24)25-23(29)27-9-7-26(8-10-27)21-3-5-22(28-2)6-4-21/h3-6,17-20H,7-16H2,1-2H3,(H,25,29)/t17-,18?,19?,20?,24?/m0/s1. The molecule has 5 fully saturated rings. The number of methoxy groups -OCH3 is 1. The highest BCUT2D eigenvalue weighted by Gasteiger charge is 2.53. The van der Waals surface area contributed by atoms with E-state index in [0.29, 0.717) is 11.5 Å². The van der Waals surface area contributed by atoms with Crippen LogP contribution in [-0.2, 0) is 0 Å². The first-order valence-corrected chi connectivity index (χ1v) is 11.9. The van der Waals surface area contributed by atoms with Crippen LogP contribution in [0.15, 0.2) is 24.3 Å². The molecule has 0 radical (unpaired) electrons. The fraction of sp³-hybridized carbons (Fsp3) is 0.708. The number of benzene rings is 1. The van der Waals surface area contributed by atoms with Crippen LogP contribution in [0.25, 0.3) is 0 Å². The van der Waals surface area contributed by atoms with Gasteiger partial charge in [-0.05, 0) is 105 Å². The van der Waals surface area contributed by atoms with Crippen LogP contribution < -0.4 is 15.0 Å². The van der Waals surface area contributed by atoms with Crippen molar-refractivity contribution in [1.29, 1.82) is 0 Å². The number of hydrogen-bond acceptors (Lipinski definition) is 3. The topological polar surface area (TPSA) is 27.7 Å². The highest BCUT2D eigenvalue weighted by molar-refractivity contribution is 7.80. The third-order valence-electron chi connectivity index (χ3n) is 8.35. The van der Waals surface area contributed by atoms with E-state index < -0.39 is 0 Å². The van der Waals surface area contributed by atoms with Crippen molar-refractivity contribution in [3.63, 3.8) is 0 Å². The Morgan fingerprint density at radius 2 is 1.55 bits per heavy atom. The molecule has 29 heavy (non-hydrogen) atoms. The van der Waals surface area contributed by atoms with E-state index >= 15 is 0 Å². The number of hydrogen-bond donors (Lipinski definition) is 1.